The van der Waals surface area contributed by atoms with Gasteiger partial charge in [-0.25, -0.2) is 0 Å². The number of hydrogen-bond acceptors (Lipinski definition) is 3. The van der Waals surface area contributed by atoms with Crippen LogP contribution in [0.1, 0.15) is 44.2 Å². The highest BCUT2D eigenvalue weighted by Gasteiger charge is 2.26. The first-order chi connectivity index (χ1) is 9.22. The van der Waals surface area contributed by atoms with E-state index in [-0.39, 0.29) is 6.04 Å². The van der Waals surface area contributed by atoms with Crippen molar-refractivity contribution in [3.63, 3.8) is 0 Å². The molecule has 0 aliphatic carbocycles. The lowest BCUT2D eigenvalue weighted by atomic mass is 9.96. The minimum absolute atomic E-state index is 0.217. The van der Waals surface area contributed by atoms with Crippen LogP contribution in [-0.2, 0) is 0 Å². The van der Waals surface area contributed by atoms with Gasteiger partial charge in [0.2, 0.25) is 0 Å². The first kappa shape index (κ1) is 14.4. The number of rotatable bonds is 4. The Morgan fingerprint density at radius 3 is 3.00 bits per heavy atom. The zero-order chi connectivity index (χ0) is 13.7. The Hall–Kier alpha value is -1.06. The molecule has 1 aromatic rings. The molecule has 1 heterocycles. The maximum atomic E-state index is 6.37. The molecule has 3 nitrogen and oxygen atoms in total. The van der Waals surface area contributed by atoms with Crippen LogP contribution in [0, 0.1) is 0 Å². The Balaban J connectivity index is 2.18. The lowest BCUT2D eigenvalue weighted by molar-refractivity contribution is 0.229. The van der Waals surface area contributed by atoms with Crippen molar-refractivity contribution in [2.45, 2.75) is 44.7 Å². The minimum Gasteiger partial charge on any atom is -0.494 e. The molecule has 0 aromatic heterocycles. The maximum absolute atomic E-state index is 6.37. The van der Waals surface area contributed by atoms with E-state index in [4.69, 9.17) is 10.5 Å². The van der Waals surface area contributed by atoms with Crippen LogP contribution in [0.3, 0.4) is 0 Å². The van der Waals surface area contributed by atoms with Gasteiger partial charge in [0.05, 0.1) is 6.61 Å². The molecule has 0 radical (unpaired) electrons. The van der Waals surface area contributed by atoms with Crippen LogP contribution in [0.4, 0.5) is 0 Å². The number of likely N-dealkylation sites (N-methyl/N-ethyl adjacent to an activating group) is 1. The van der Waals surface area contributed by atoms with E-state index in [1.807, 2.05) is 6.07 Å². The van der Waals surface area contributed by atoms with E-state index in [1.165, 1.54) is 18.4 Å². The fourth-order valence-electron chi connectivity index (χ4n) is 2.87. The van der Waals surface area contributed by atoms with Crippen LogP contribution in [0.15, 0.2) is 24.3 Å². The van der Waals surface area contributed by atoms with Gasteiger partial charge >= 0.3 is 0 Å². The van der Waals surface area contributed by atoms with Crippen LogP contribution >= 0.6 is 0 Å². The van der Waals surface area contributed by atoms with Gasteiger partial charge in [-0.3, -0.25) is 4.90 Å². The van der Waals surface area contributed by atoms with Gasteiger partial charge < -0.3 is 10.5 Å². The van der Waals surface area contributed by atoms with Crippen molar-refractivity contribution in [1.82, 2.24) is 4.90 Å². The molecule has 2 unspecified atom stereocenters. The molecule has 1 aliphatic rings. The molecular weight excluding hydrogens is 236 g/mol. The van der Waals surface area contributed by atoms with E-state index < -0.39 is 0 Å². The number of benzene rings is 1. The third-order valence-electron chi connectivity index (χ3n) is 3.85. The third kappa shape index (κ3) is 3.71. The summed E-state index contributed by atoms with van der Waals surface area (Å²) < 4.78 is 5.73. The van der Waals surface area contributed by atoms with Crippen molar-refractivity contribution in [3.8, 4) is 5.75 Å². The number of nitrogens with zero attached hydrogens (tertiary/aromatic N) is 1. The highest BCUT2D eigenvalue weighted by molar-refractivity contribution is 5.31. The highest BCUT2D eigenvalue weighted by atomic mass is 16.5. The van der Waals surface area contributed by atoms with E-state index >= 15 is 0 Å². The van der Waals surface area contributed by atoms with Crippen molar-refractivity contribution < 1.29 is 4.74 Å². The van der Waals surface area contributed by atoms with E-state index in [0.29, 0.717) is 6.04 Å². The predicted molar refractivity (Wildman–Crippen MR) is 79.4 cm³/mol. The summed E-state index contributed by atoms with van der Waals surface area (Å²) >= 11 is 0. The normalized spacial score (nSPS) is 25.0. The van der Waals surface area contributed by atoms with E-state index in [9.17, 15) is 0 Å². The fraction of sp³-hybridized carbons (Fsp3) is 0.625. The van der Waals surface area contributed by atoms with Crippen LogP contribution < -0.4 is 10.5 Å². The summed E-state index contributed by atoms with van der Waals surface area (Å²) in [6.07, 6.45) is 4.61. The summed E-state index contributed by atoms with van der Waals surface area (Å²) in [5.74, 6) is 0.962. The molecule has 1 saturated heterocycles. The lowest BCUT2D eigenvalue weighted by Crippen LogP contribution is -2.37. The molecule has 1 fully saturated rings. The highest BCUT2D eigenvalue weighted by Crippen LogP contribution is 2.30. The molecule has 2 N–H and O–H groups in total. The van der Waals surface area contributed by atoms with Gasteiger partial charge in [-0.2, -0.15) is 0 Å². The summed E-state index contributed by atoms with van der Waals surface area (Å²) in [5.41, 5.74) is 7.65. The zero-order valence-corrected chi connectivity index (χ0v) is 12.1. The molecule has 0 spiro atoms. The molecule has 2 atom stereocenters. The molecule has 1 aliphatic heterocycles. The Morgan fingerprint density at radius 2 is 2.21 bits per heavy atom. The van der Waals surface area contributed by atoms with Crippen molar-refractivity contribution in [3.05, 3.63) is 29.8 Å². The van der Waals surface area contributed by atoms with Crippen molar-refractivity contribution in [1.29, 1.82) is 0 Å². The van der Waals surface area contributed by atoms with Crippen LogP contribution in [0.25, 0.3) is 0 Å². The quantitative estimate of drug-likeness (QED) is 0.906. The smallest absolute Gasteiger partial charge is 0.119 e. The van der Waals surface area contributed by atoms with Gasteiger partial charge in [-0.1, -0.05) is 25.5 Å². The van der Waals surface area contributed by atoms with Crippen LogP contribution in [0.2, 0.25) is 0 Å². The van der Waals surface area contributed by atoms with Crippen LogP contribution in [0.5, 0.6) is 5.75 Å². The first-order valence-electron chi connectivity index (χ1n) is 7.41. The van der Waals surface area contributed by atoms with Crippen LogP contribution in [-0.4, -0.2) is 31.1 Å². The second-order valence-corrected chi connectivity index (χ2v) is 5.51. The van der Waals surface area contributed by atoms with E-state index in [0.717, 1.165) is 31.7 Å². The standard InChI is InChI=1S/C16H26N2O/c1-3-11-19-14-8-6-7-13(12-14)16-15(17)9-4-5-10-18(16)2/h6-8,12,15-16H,3-5,9-11,17H2,1-2H3. The summed E-state index contributed by atoms with van der Waals surface area (Å²) in [5, 5.41) is 0. The molecule has 106 valence electrons. The molecule has 19 heavy (non-hydrogen) atoms. The third-order valence-corrected chi connectivity index (χ3v) is 3.85. The average Bonchev–Trinajstić information content (AvgIpc) is 2.58. The van der Waals surface area contributed by atoms with Crippen molar-refractivity contribution in [2.75, 3.05) is 20.2 Å². The van der Waals surface area contributed by atoms with Gasteiger partial charge in [0, 0.05) is 12.1 Å². The average molecular weight is 262 g/mol. The predicted octanol–water partition coefficient (Wildman–Crippen LogP) is 2.96. The van der Waals surface area contributed by atoms with Gasteiger partial charge in [0.15, 0.2) is 0 Å². The minimum atomic E-state index is 0.217. The molecular formula is C16H26N2O. The van der Waals surface area contributed by atoms with Gasteiger partial charge in [0.1, 0.15) is 5.75 Å². The largest absolute Gasteiger partial charge is 0.494 e. The molecule has 0 bridgehead atoms. The second-order valence-electron chi connectivity index (χ2n) is 5.51. The number of nitrogens with two attached hydrogens (primary N) is 1. The lowest BCUT2D eigenvalue weighted by Gasteiger charge is -2.30. The Morgan fingerprint density at radius 1 is 1.37 bits per heavy atom. The van der Waals surface area contributed by atoms with Crippen molar-refractivity contribution in [2.24, 2.45) is 5.73 Å². The number of hydrogen-bond donors (Lipinski definition) is 1. The molecule has 3 heteroatoms. The second kappa shape index (κ2) is 6.92. The molecule has 0 amide bonds. The number of ether oxygens (including phenoxy) is 1. The Labute approximate surface area is 116 Å². The zero-order valence-electron chi connectivity index (χ0n) is 12.1. The van der Waals surface area contributed by atoms with Gasteiger partial charge in [-0.15, -0.1) is 0 Å². The van der Waals surface area contributed by atoms with Gasteiger partial charge in [-0.05, 0) is 50.6 Å². The molecule has 1 aromatic carbocycles. The maximum Gasteiger partial charge on any atom is 0.119 e. The Kier molecular flexibility index (Phi) is 5.23. The molecule has 2 rings (SSSR count). The summed E-state index contributed by atoms with van der Waals surface area (Å²) in [7, 11) is 2.18. The summed E-state index contributed by atoms with van der Waals surface area (Å²) in [4.78, 5) is 2.39. The Bertz CT molecular complexity index is 382. The fourth-order valence-corrected chi connectivity index (χ4v) is 2.87. The van der Waals surface area contributed by atoms with Crippen molar-refractivity contribution >= 4 is 0 Å². The van der Waals surface area contributed by atoms with E-state index in [2.05, 4.69) is 37.1 Å². The number of likely N-dealkylation sites (tertiary alicyclic amines) is 1. The molecule has 0 saturated carbocycles. The van der Waals surface area contributed by atoms with E-state index in [1.54, 1.807) is 0 Å². The SMILES string of the molecule is CCCOc1cccc(C2C(N)CCCCN2C)c1. The summed E-state index contributed by atoms with van der Waals surface area (Å²) in [6.45, 7) is 4.02. The summed E-state index contributed by atoms with van der Waals surface area (Å²) in [6, 6.07) is 8.96. The topological polar surface area (TPSA) is 38.5 Å². The monoisotopic (exact) mass is 262 g/mol. The first-order valence-corrected chi connectivity index (χ1v) is 7.41. The van der Waals surface area contributed by atoms with Gasteiger partial charge in [0.25, 0.3) is 0 Å².